The van der Waals surface area contributed by atoms with Crippen LogP contribution in [0.5, 0.6) is 5.75 Å². The molecule has 3 N–H and O–H groups in total. The van der Waals surface area contributed by atoms with Crippen molar-refractivity contribution in [2.45, 2.75) is 13.8 Å². The molecule has 0 saturated carbocycles. The van der Waals surface area contributed by atoms with Crippen LogP contribution in [-0.4, -0.2) is 33.1 Å². The molecular formula is C18H20ClN3O5S. The first-order valence-electron chi connectivity index (χ1n) is 8.12. The molecule has 8 nitrogen and oxygen atoms in total. The van der Waals surface area contributed by atoms with Crippen LogP contribution in [0.15, 0.2) is 36.4 Å². The smallest absolute Gasteiger partial charge is 0.276 e. The van der Waals surface area contributed by atoms with Crippen LogP contribution in [0, 0.1) is 13.8 Å². The van der Waals surface area contributed by atoms with Gasteiger partial charge in [-0.25, -0.2) is 8.42 Å². The van der Waals surface area contributed by atoms with Crippen molar-refractivity contribution in [2.75, 3.05) is 17.6 Å². The number of carbonyl (C=O) groups excluding carboxylic acids is 2. The van der Waals surface area contributed by atoms with Crippen LogP contribution in [0.2, 0.25) is 5.02 Å². The third-order valence-electron chi connectivity index (χ3n) is 3.69. The molecule has 2 rings (SSSR count). The molecule has 0 saturated heterocycles. The summed E-state index contributed by atoms with van der Waals surface area (Å²) in [5.41, 5.74) is 6.75. The minimum Gasteiger partial charge on any atom is -0.484 e. The van der Waals surface area contributed by atoms with Crippen molar-refractivity contribution < 1.29 is 22.7 Å². The first kappa shape index (κ1) is 21.5. The van der Waals surface area contributed by atoms with Gasteiger partial charge >= 0.3 is 0 Å². The van der Waals surface area contributed by atoms with Gasteiger partial charge in [0, 0.05) is 5.56 Å². The summed E-state index contributed by atoms with van der Waals surface area (Å²) in [4.78, 5) is 24.0. The van der Waals surface area contributed by atoms with Crippen molar-refractivity contribution in [1.82, 2.24) is 10.9 Å². The van der Waals surface area contributed by atoms with Gasteiger partial charge in [0.2, 0.25) is 10.0 Å². The Balaban J connectivity index is 1.91. The molecule has 0 aromatic heterocycles. The number of carbonyl (C=O) groups is 2. The van der Waals surface area contributed by atoms with E-state index in [1.165, 1.54) is 18.2 Å². The predicted octanol–water partition coefficient (Wildman–Crippen LogP) is 2.17. The zero-order valence-corrected chi connectivity index (χ0v) is 17.1. The highest BCUT2D eigenvalue weighted by Gasteiger charge is 2.13. The second-order valence-electron chi connectivity index (χ2n) is 6.11. The SMILES string of the molecule is Cc1ccc(OCC(=O)NNC(=O)c2ccc(Cl)c(NS(C)(=O)=O)c2)cc1C. The van der Waals surface area contributed by atoms with Crippen molar-refractivity contribution in [1.29, 1.82) is 0 Å². The number of halogens is 1. The zero-order chi connectivity index (χ0) is 20.9. The summed E-state index contributed by atoms with van der Waals surface area (Å²) in [6.07, 6.45) is 0.964. The number of hydrazine groups is 1. The molecule has 0 fully saturated rings. The van der Waals surface area contributed by atoms with Gasteiger partial charge in [0.05, 0.1) is 17.0 Å². The summed E-state index contributed by atoms with van der Waals surface area (Å²) < 4.78 is 30.3. The van der Waals surface area contributed by atoms with Gasteiger partial charge in [0.15, 0.2) is 6.61 Å². The highest BCUT2D eigenvalue weighted by atomic mass is 35.5. The molecule has 28 heavy (non-hydrogen) atoms. The Hall–Kier alpha value is -2.78. The van der Waals surface area contributed by atoms with E-state index >= 15 is 0 Å². The lowest BCUT2D eigenvalue weighted by Crippen LogP contribution is -2.43. The summed E-state index contributed by atoms with van der Waals surface area (Å²) in [5, 5.41) is 0.132. The van der Waals surface area contributed by atoms with Crippen LogP contribution in [-0.2, 0) is 14.8 Å². The highest BCUT2D eigenvalue weighted by molar-refractivity contribution is 7.92. The fraction of sp³-hybridized carbons (Fsp3) is 0.222. The van der Waals surface area contributed by atoms with E-state index in [4.69, 9.17) is 16.3 Å². The van der Waals surface area contributed by atoms with E-state index in [9.17, 15) is 18.0 Å². The zero-order valence-electron chi connectivity index (χ0n) is 15.5. The first-order chi connectivity index (χ1) is 13.0. The predicted molar refractivity (Wildman–Crippen MR) is 107 cm³/mol. The average Bonchev–Trinajstić information content (AvgIpc) is 2.61. The molecule has 150 valence electrons. The number of aryl methyl sites for hydroxylation is 2. The number of anilines is 1. The van der Waals surface area contributed by atoms with Crippen LogP contribution in [0.4, 0.5) is 5.69 Å². The Morgan fingerprint density at radius 3 is 2.39 bits per heavy atom. The second kappa shape index (κ2) is 8.94. The number of amides is 2. The van der Waals surface area contributed by atoms with E-state index in [1.54, 1.807) is 6.07 Å². The second-order valence-corrected chi connectivity index (χ2v) is 8.26. The van der Waals surface area contributed by atoms with Crippen LogP contribution in [0.1, 0.15) is 21.5 Å². The maximum Gasteiger partial charge on any atom is 0.276 e. The fourth-order valence-electron chi connectivity index (χ4n) is 2.13. The lowest BCUT2D eigenvalue weighted by atomic mass is 10.1. The maximum atomic E-state index is 12.1. The monoisotopic (exact) mass is 425 g/mol. The molecule has 0 aliphatic carbocycles. The van der Waals surface area contributed by atoms with Gasteiger partial charge in [0.25, 0.3) is 11.8 Å². The number of rotatable bonds is 6. The lowest BCUT2D eigenvalue weighted by Gasteiger charge is -2.11. The topological polar surface area (TPSA) is 114 Å². The summed E-state index contributed by atoms with van der Waals surface area (Å²) in [6.45, 7) is 3.61. The standard InChI is InChI=1S/C18H20ClN3O5S/c1-11-4-6-14(8-12(11)2)27-10-17(23)20-21-18(24)13-5-7-15(19)16(9-13)22-28(3,25)26/h4-9,22H,10H2,1-3H3,(H,20,23)(H,21,24). The molecule has 0 heterocycles. The fourth-order valence-corrected chi connectivity index (χ4v) is 2.92. The minimum atomic E-state index is -3.56. The highest BCUT2D eigenvalue weighted by Crippen LogP contribution is 2.23. The number of hydrogen-bond acceptors (Lipinski definition) is 5. The molecule has 2 amide bonds. The number of hydrogen-bond donors (Lipinski definition) is 3. The van der Waals surface area contributed by atoms with Gasteiger partial charge in [-0.1, -0.05) is 17.7 Å². The summed E-state index contributed by atoms with van der Waals surface area (Å²) in [6, 6.07) is 9.46. The molecule has 0 aliphatic heterocycles. The van der Waals surface area contributed by atoms with Gasteiger partial charge in [-0.3, -0.25) is 25.2 Å². The van der Waals surface area contributed by atoms with Crippen molar-refractivity contribution in [2.24, 2.45) is 0 Å². The van der Waals surface area contributed by atoms with Crippen molar-refractivity contribution >= 4 is 39.1 Å². The molecule has 0 unspecified atom stereocenters. The first-order valence-corrected chi connectivity index (χ1v) is 10.4. The van der Waals surface area contributed by atoms with Gasteiger partial charge in [-0.05, 0) is 55.3 Å². The number of benzene rings is 2. The van der Waals surface area contributed by atoms with E-state index in [0.717, 1.165) is 17.4 Å². The van der Waals surface area contributed by atoms with E-state index < -0.39 is 21.8 Å². The molecule has 2 aromatic carbocycles. The van der Waals surface area contributed by atoms with Gasteiger partial charge in [-0.15, -0.1) is 0 Å². The van der Waals surface area contributed by atoms with Crippen LogP contribution >= 0.6 is 11.6 Å². The molecule has 0 spiro atoms. The Bertz CT molecular complexity index is 1010. The maximum absolute atomic E-state index is 12.1. The van der Waals surface area contributed by atoms with Crippen LogP contribution in [0.3, 0.4) is 0 Å². The average molecular weight is 426 g/mol. The van der Waals surface area contributed by atoms with Crippen molar-refractivity contribution in [3.05, 3.63) is 58.1 Å². The quantitative estimate of drug-likeness (QED) is 0.614. The van der Waals surface area contributed by atoms with Crippen LogP contribution < -0.4 is 20.3 Å². The number of ether oxygens (including phenoxy) is 1. The van der Waals surface area contributed by atoms with Crippen molar-refractivity contribution in [3.8, 4) is 5.75 Å². The number of sulfonamides is 1. The third kappa shape index (κ3) is 6.43. The Morgan fingerprint density at radius 2 is 1.75 bits per heavy atom. The van der Waals surface area contributed by atoms with Crippen molar-refractivity contribution in [3.63, 3.8) is 0 Å². The third-order valence-corrected chi connectivity index (χ3v) is 4.61. The van der Waals surface area contributed by atoms with Crippen LogP contribution in [0.25, 0.3) is 0 Å². The van der Waals surface area contributed by atoms with E-state index in [2.05, 4.69) is 15.6 Å². The summed E-state index contributed by atoms with van der Waals surface area (Å²) in [5.74, 6) is -0.665. The molecule has 0 bridgehead atoms. The molecule has 0 atom stereocenters. The Kier molecular flexibility index (Phi) is 6.87. The largest absolute Gasteiger partial charge is 0.484 e. The molecular weight excluding hydrogens is 406 g/mol. The van der Waals surface area contributed by atoms with E-state index in [1.807, 2.05) is 26.0 Å². The lowest BCUT2D eigenvalue weighted by molar-refractivity contribution is -0.123. The molecule has 10 heteroatoms. The van der Waals surface area contributed by atoms with Gasteiger partial charge in [0.1, 0.15) is 5.75 Å². The van der Waals surface area contributed by atoms with E-state index in [-0.39, 0.29) is 22.9 Å². The molecule has 2 aromatic rings. The van der Waals surface area contributed by atoms with Gasteiger partial charge < -0.3 is 4.74 Å². The molecule has 0 radical (unpaired) electrons. The normalized spacial score (nSPS) is 10.9. The summed E-state index contributed by atoms with van der Waals surface area (Å²) in [7, 11) is -3.56. The number of nitrogens with one attached hydrogen (secondary N) is 3. The van der Waals surface area contributed by atoms with E-state index in [0.29, 0.717) is 5.75 Å². The minimum absolute atomic E-state index is 0.0567. The summed E-state index contributed by atoms with van der Waals surface area (Å²) >= 11 is 5.91. The van der Waals surface area contributed by atoms with Gasteiger partial charge in [-0.2, -0.15) is 0 Å². The molecule has 0 aliphatic rings. The Morgan fingerprint density at radius 1 is 1.04 bits per heavy atom. The Labute approximate surface area is 168 Å².